The van der Waals surface area contributed by atoms with Crippen LogP contribution in [0.2, 0.25) is 0 Å². The van der Waals surface area contributed by atoms with E-state index in [2.05, 4.69) is 26.0 Å². The fourth-order valence-corrected chi connectivity index (χ4v) is 4.70. The molecule has 3 heterocycles. The molecule has 19 heteroatoms. The van der Waals surface area contributed by atoms with Crippen LogP contribution in [0.15, 0.2) is 35.5 Å². The third-order valence-electron chi connectivity index (χ3n) is 6.28. The van der Waals surface area contributed by atoms with Gasteiger partial charge in [-0.3, -0.25) is 0 Å². The first-order chi connectivity index (χ1) is 19.5. The highest BCUT2D eigenvalue weighted by Gasteiger charge is 2.86. The molecule has 1 aromatic heterocycles. The van der Waals surface area contributed by atoms with E-state index in [0.29, 0.717) is 12.1 Å². The summed E-state index contributed by atoms with van der Waals surface area (Å²) in [5.41, 5.74) is 3.24. The van der Waals surface area contributed by atoms with Crippen LogP contribution in [-0.2, 0) is 25.1 Å². The van der Waals surface area contributed by atoms with Gasteiger partial charge in [0.05, 0.1) is 5.56 Å². The topological polar surface area (TPSA) is 122 Å². The van der Waals surface area contributed by atoms with E-state index in [1.54, 1.807) is 13.8 Å². The van der Waals surface area contributed by atoms with Gasteiger partial charge in [-0.1, -0.05) is 11.8 Å². The summed E-state index contributed by atoms with van der Waals surface area (Å²) in [7, 11) is -5.79. The van der Waals surface area contributed by atoms with Crippen molar-refractivity contribution in [3.8, 4) is 29.2 Å². The quantitative estimate of drug-likeness (QED) is 0.273. The molecule has 0 fully saturated rings. The Hall–Kier alpha value is -3.92. The third-order valence-corrected chi connectivity index (χ3v) is 7.58. The van der Waals surface area contributed by atoms with Crippen LogP contribution in [0.1, 0.15) is 30.5 Å². The van der Waals surface area contributed by atoms with Crippen LogP contribution < -0.4 is 14.7 Å². The zero-order valence-electron chi connectivity index (χ0n) is 21.8. The zero-order chi connectivity index (χ0) is 32.4. The number of aliphatic imine (C=N–C) groups is 1. The van der Waals surface area contributed by atoms with Crippen molar-refractivity contribution in [2.75, 3.05) is 13.7 Å². The third kappa shape index (κ3) is 5.05. The lowest BCUT2D eigenvalue weighted by Gasteiger charge is -2.33. The number of aromatic nitrogens is 1. The lowest BCUT2D eigenvalue weighted by atomic mass is 9.82. The monoisotopic (exact) mass is 647 g/mol. The van der Waals surface area contributed by atoms with E-state index in [9.17, 15) is 47.9 Å². The van der Waals surface area contributed by atoms with E-state index in [0.717, 1.165) is 6.07 Å². The molecule has 234 valence electrons. The maximum atomic E-state index is 14.2. The molecule has 0 unspecified atom stereocenters. The number of halogens is 9. The number of nitrogens with zero attached hydrogens (tertiary/aromatic N) is 2. The van der Waals surface area contributed by atoms with E-state index in [4.69, 9.17) is 19.9 Å². The number of rotatable bonds is 6. The Kier molecular flexibility index (Phi) is 7.30. The number of hydrogen-bond acceptors (Lipinski definition) is 9. The molecule has 2 aliphatic rings. The standard InChI is InChI=1S/C24H18F9N3O6S/c1-19(2,39-3)7-6-12-8-15-17(35-10-12)41-16-5-4-13(9-14(16)20(15)11-40-18(34)36-20)42-43(37,38)24(32,33)22(27,28)21(25,26)23(29,30)31/h4-5,8-10H,11H2,1-3H3,(H2,34,36)/t20-/m1/s1. The van der Waals surface area contributed by atoms with Crippen molar-refractivity contribution in [2.45, 2.75) is 48.3 Å². The number of fused-ring (bicyclic) bond motifs is 4. The number of hydrogen-bond donors (Lipinski definition) is 1. The molecule has 2 aromatic rings. The minimum absolute atomic E-state index is 0.0760. The predicted octanol–water partition coefficient (Wildman–Crippen LogP) is 4.69. The van der Waals surface area contributed by atoms with Gasteiger partial charge in [-0.15, -0.1) is 0 Å². The minimum atomic E-state index is -7.48. The van der Waals surface area contributed by atoms with Gasteiger partial charge in [0.15, 0.2) is 5.54 Å². The van der Waals surface area contributed by atoms with Gasteiger partial charge in [-0.2, -0.15) is 47.9 Å². The number of benzene rings is 1. The molecular weight excluding hydrogens is 629 g/mol. The van der Waals surface area contributed by atoms with Gasteiger partial charge in [0.2, 0.25) is 5.88 Å². The Morgan fingerprint density at radius 1 is 1.00 bits per heavy atom. The second kappa shape index (κ2) is 9.80. The molecule has 9 nitrogen and oxygen atoms in total. The highest BCUT2D eigenvalue weighted by Crippen LogP contribution is 2.56. The summed E-state index contributed by atoms with van der Waals surface area (Å²) < 4.78 is 164. The average molecular weight is 647 g/mol. The van der Waals surface area contributed by atoms with Gasteiger partial charge in [-0.25, -0.2) is 9.98 Å². The predicted molar refractivity (Wildman–Crippen MR) is 128 cm³/mol. The van der Waals surface area contributed by atoms with E-state index >= 15 is 0 Å². The van der Waals surface area contributed by atoms with E-state index in [1.165, 1.54) is 19.4 Å². The van der Waals surface area contributed by atoms with Crippen LogP contribution in [0.3, 0.4) is 0 Å². The second-order valence-electron chi connectivity index (χ2n) is 9.60. The first kappa shape index (κ1) is 32.0. The maximum Gasteiger partial charge on any atom is 0.460 e. The van der Waals surface area contributed by atoms with Gasteiger partial charge in [0.25, 0.3) is 6.02 Å². The lowest BCUT2D eigenvalue weighted by molar-refractivity contribution is -0.382. The highest BCUT2D eigenvalue weighted by molar-refractivity contribution is 7.88. The fourth-order valence-electron chi connectivity index (χ4n) is 3.80. The summed E-state index contributed by atoms with van der Waals surface area (Å²) in [6.45, 7) is 2.91. The number of nitrogens with two attached hydrogens (primary N) is 1. The summed E-state index contributed by atoms with van der Waals surface area (Å²) in [6, 6.07) is 3.14. The SMILES string of the molecule is COC(C)(C)C#Cc1cnc2c(c1)[C@@]1(COC(N)=N1)c1cc(OS(=O)(=O)C(F)(F)C(F)(F)C(F)(F)C(F)(F)F)ccc1O2. The lowest BCUT2D eigenvalue weighted by Crippen LogP contribution is -2.63. The van der Waals surface area contributed by atoms with Gasteiger partial charge < -0.3 is 24.1 Å². The molecule has 0 saturated carbocycles. The summed E-state index contributed by atoms with van der Waals surface area (Å²) in [5.74, 6) is -10.7. The van der Waals surface area contributed by atoms with Gasteiger partial charge in [-0.05, 0) is 38.1 Å². The zero-order valence-corrected chi connectivity index (χ0v) is 22.6. The summed E-state index contributed by atoms with van der Waals surface area (Å²) in [5, 5.41) is -7.07. The van der Waals surface area contributed by atoms with Gasteiger partial charge in [0, 0.05) is 24.4 Å². The second-order valence-corrected chi connectivity index (χ2v) is 11.2. The largest absolute Gasteiger partial charge is 0.462 e. The van der Waals surface area contributed by atoms with E-state index in [1.807, 2.05) is 0 Å². The van der Waals surface area contributed by atoms with Crippen molar-refractivity contribution in [3.63, 3.8) is 0 Å². The average Bonchev–Trinajstić information content (AvgIpc) is 3.29. The molecule has 4 rings (SSSR count). The van der Waals surface area contributed by atoms with Crippen molar-refractivity contribution in [3.05, 3.63) is 47.2 Å². The number of ether oxygens (including phenoxy) is 3. The van der Waals surface area contributed by atoms with Crippen molar-refractivity contribution >= 4 is 16.1 Å². The van der Waals surface area contributed by atoms with Crippen molar-refractivity contribution in [1.29, 1.82) is 0 Å². The molecule has 0 radical (unpaired) electrons. The van der Waals surface area contributed by atoms with Crippen LogP contribution in [0, 0.1) is 11.8 Å². The van der Waals surface area contributed by atoms with Gasteiger partial charge in [0.1, 0.15) is 23.7 Å². The Balaban J connectivity index is 1.79. The summed E-state index contributed by atoms with van der Waals surface area (Å²) >= 11 is 0. The highest BCUT2D eigenvalue weighted by atomic mass is 32.2. The Morgan fingerprint density at radius 2 is 1.65 bits per heavy atom. The molecule has 2 aliphatic heterocycles. The van der Waals surface area contributed by atoms with E-state index < -0.39 is 62.9 Å². The van der Waals surface area contributed by atoms with Crippen molar-refractivity contribution < 1.29 is 66.3 Å². The van der Waals surface area contributed by atoms with Crippen molar-refractivity contribution in [1.82, 2.24) is 4.98 Å². The first-order valence-corrected chi connectivity index (χ1v) is 13.0. The maximum absolute atomic E-state index is 14.2. The number of methoxy groups -OCH3 is 1. The smallest absolute Gasteiger partial charge is 0.460 e. The number of alkyl halides is 9. The summed E-state index contributed by atoms with van der Waals surface area (Å²) in [4.78, 5) is 8.36. The minimum Gasteiger partial charge on any atom is -0.462 e. The van der Waals surface area contributed by atoms with Crippen LogP contribution in [0.25, 0.3) is 0 Å². The molecule has 0 aliphatic carbocycles. The molecule has 1 spiro atoms. The number of amidine groups is 1. The van der Waals surface area contributed by atoms with Crippen LogP contribution >= 0.6 is 0 Å². The molecule has 0 amide bonds. The molecule has 0 bridgehead atoms. The van der Waals surface area contributed by atoms with Crippen molar-refractivity contribution in [2.24, 2.45) is 10.7 Å². The number of pyridine rings is 1. The van der Waals surface area contributed by atoms with E-state index in [-0.39, 0.29) is 28.3 Å². The molecule has 2 N–H and O–H groups in total. The van der Waals surface area contributed by atoms with Gasteiger partial charge >= 0.3 is 33.4 Å². The molecular formula is C24H18F9N3O6S. The summed E-state index contributed by atoms with van der Waals surface area (Å²) in [6.07, 6.45) is -5.92. The molecule has 1 aromatic carbocycles. The molecule has 1 atom stereocenters. The molecule has 43 heavy (non-hydrogen) atoms. The Bertz CT molecular complexity index is 1670. The van der Waals surface area contributed by atoms with Crippen LogP contribution in [0.4, 0.5) is 39.5 Å². The fraction of sp³-hybridized carbons (Fsp3) is 0.417. The first-order valence-electron chi connectivity index (χ1n) is 11.5. The Morgan fingerprint density at radius 3 is 2.21 bits per heavy atom. The molecule has 0 saturated heterocycles. The Labute approximate surface area is 236 Å². The van der Waals surface area contributed by atoms with Crippen LogP contribution in [-0.4, -0.2) is 62.0 Å². The normalized spacial score (nSPS) is 18.9. The van der Waals surface area contributed by atoms with Crippen LogP contribution in [0.5, 0.6) is 17.4 Å².